The topological polar surface area (TPSA) is 72.2 Å². The van der Waals surface area contributed by atoms with Crippen molar-refractivity contribution in [1.29, 1.82) is 0 Å². The van der Waals surface area contributed by atoms with Gasteiger partial charge in [-0.3, -0.25) is 0 Å². The van der Waals surface area contributed by atoms with E-state index in [1.54, 1.807) is 6.92 Å². The van der Waals surface area contributed by atoms with E-state index in [1.165, 1.54) is 18.2 Å². The third-order valence-electron chi connectivity index (χ3n) is 2.07. The summed E-state index contributed by atoms with van der Waals surface area (Å²) < 4.78 is 26.4. The van der Waals surface area contributed by atoms with Gasteiger partial charge in [-0.1, -0.05) is 35.4 Å². The normalized spacial score (nSPS) is 13.3. The molecule has 0 fully saturated rings. The molecule has 1 unspecified atom stereocenters. The van der Waals surface area contributed by atoms with Crippen LogP contribution < -0.4 is 10.5 Å². The van der Waals surface area contributed by atoms with Crippen molar-refractivity contribution in [2.45, 2.75) is 24.3 Å². The zero-order valence-corrected chi connectivity index (χ0v) is 12.6. The van der Waals surface area contributed by atoms with Crippen molar-refractivity contribution in [3.8, 4) is 0 Å². The zero-order valence-electron chi connectivity index (χ0n) is 9.48. The number of halogens is 2. The third kappa shape index (κ3) is 4.37. The Hall–Kier alpha value is -0.400. The summed E-state index contributed by atoms with van der Waals surface area (Å²) in [7, 11) is -3.65. The van der Waals surface area contributed by atoms with Gasteiger partial charge in [-0.15, -0.1) is 0 Å². The standard InChI is InChI=1S/C10H12Cl2N2O2S2/c1-6(4-10(13)17)14-18(15,16)7-2-3-8(11)9(12)5-7/h2-3,5-6,14H,4H2,1H3,(H2,13,17). The van der Waals surface area contributed by atoms with Crippen molar-refractivity contribution >= 4 is 50.4 Å². The van der Waals surface area contributed by atoms with E-state index in [9.17, 15) is 8.42 Å². The van der Waals surface area contributed by atoms with Crippen LogP contribution in [0.1, 0.15) is 13.3 Å². The Morgan fingerprint density at radius 3 is 2.56 bits per heavy atom. The highest BCUT2D eigenvalue weighted by atomic mass is 35.5. The fourth-order valence-electron chi connectivity index (χ4n) is 1.32. The van der Waals surface area contributed by atoms with Gasteiger partial charge in [0.2, 0.25) is 10.0 Å². The third-order valence-corrected chi connectivity index (χ3v) is 4.56. The predicted octanol–water partition coefficient (Wildman–Crippen LogP) is 2.34. The van der Waals surface area contributed by atoms with E-state index in [0.717, 1.165) is 0 Å². The first kappa shape index (κ1) is 15.7. The Bertz CT molecular complexity index is 561. The summed E-state index contributed by atoms with van der Waals surface area (Å²) in [5.41, 5.74) is 5.35. The molecular weight excluding hydrogens is 315 g/mol. The Balaban J connectivity index is 2.92. The Labute approximate surface area is 122 Å². The molecule has 0 aliphatic heterocycles. The second kappa shape index (κ2) is 6.16. The summed E-state index contributed by atoms with van der Waals surface area (Å²) in [6, 6.07) is 3.71. The van der Waals surface area contributed by atoms with Crippen molar-refractivity contribution in [3.63, 3.8) is 0 Å². The molecule has 3 N–H and O–H groups in total. The van der Waals surface area contributed by atoms with Crippen molar-refractivity contribution in [1.82, 2.24) is 4.72 Å². The lowest BCUT2D eigenvalue weighted by Crippen LogP contribution is -2.35. The average Bonchev–Trinajstić information content (AvgIpc) is 2.19. The van der Waals surface area contributed by atoms with Crippen LogP contribution in [0.25, 0.3) is 0 Å². The minimum absolute atomic E-state index is 0.0479. The number of sulfonamides is 1. The molecule has 1 aromatic carbocycles. The fraction of sp³-hybridized carbons (Fsp3) is 0.300. The SMILES string of the molecule is CC(CC(N)=S)NS(=O)(=O)c1ccc(Cl)c(Cl)c1. The highest BCUT2D eigenvalue weighted by Crippen LogP contribution is 2.24. The molecule has 100 valence electrons. The molecule has 1 aromatic rings. The Morgan fingerprint density at radius 2 is 2.06 bits per heavy atom. The van der Waals surface area contributed by atoms with Gasteiger partial charge in [0, 0.05) is 12.5 Å². The number of nitrogens with two attached hydrogens (primary N) is 1. The first-order valence-corrected chi connectivity index (χ1v) is 7.63. The fourth-order valence-corrected chi connectivity index (χ4v) is 3.20. The van der Waals surface area contributed by atoms with Crippen molar-refractivity contribution < 1.29 is 8.42 Å². The van der Waals surface area contributed by atoms with E-state index in [2.05, 4.69) is 4.72 Å². The van der Waals surface area contributed by atoms with Gasteiger partial charge in [0.25, 0.3) is 0 Å². The number of thiocarbonyl (C=S) groups is 1. The molecule has 0 radical (unpaired) electrons. The number of hydrogen-bond acceptors (Lipinski definition) is 3. The maximum atomic E-state index is 12.0. The molecule has 0 aliphatic rings. The molecule has 0 bridgehead atoms. The quantitative estimate of drug-likeness (QED) is 0.814. The number of nitrogens with one attached hydrogen (secondary N) is 1. The second-order valence-corrected chi connectivity index (χ2v) is 6.82. The van der Waals surface area contributed by atoms with Crippen LogP contribution in [0.2, 0.25) is 10.0 Å². The number of hydrogen-bond donors (Lipinski definition) is 2. The van der Waals surface area contributed by atoms with Crippen LogP contribution in [0.4, 0.5) is 0 Å². The van der Waals surface area contributed by atoms with E-state index in [1.807, 2.05) is 0 Å². The molecule has 0 spiro atoms. The maximum absolute atomic E-state index is 12.0. The van der Waals surface area contributed by atoms with E-state index < -0.39 is 10.0 Å². The second-order valence-electron chi connectivity index (χ2n) is 3.77. The van der Waals surface area contributed by atoms with Crippen molar-refractivity contribution in [2.75, 3.05) is 0 Å². The summed E-state index contributed by atoms with van der Waals surface area (Å²) in [6.07, 6.45) is 0.288. The molecule has 0 heterocycles. The van der Waals surface area contributed by atoms with Crippen LogP contribution in [-0.4, -0.2) is 19.4 Å². The maximum Gasteiger partial charge on any atom is 0.240 e. The summed E-state index contributed by atoms with van der Waals surface area (Å²) in [5, 5.41) is 0.480. The van der Waals surface area contributed by atoms with Gasteiger partial charge in [0.15, 0.2) is 0 Å². The van der Waals surface area contributed by atoms with Crippen LogP contribution in [0, 0.1) is 0 Å². The van der Waals surface area contributed by atoms with Crippen molar-refractivity contribution in [3.05, 3.63) is 28.2 Å². The van der Waals surface area contributed by atoms with E-state index in [4.69, 9.17) is 41.2 Å². The molecule has 1 rings (SSSR count). The van der Waals surface area contributed by atoms with Gasteiger partial charge in [-0.05, 0) is 25.1 Å². The summed E-state index contributed by atoms with van der Waals surface area (Å²) in [4.78, 5) is 0.297. The lowest BCUT2D eigenvalue weighted by molar-refractivity contribution is 0.565. The summed E-state index contributed by atoms with van der Waals surface area (Å²) >= 11 is 16.2. The van der Waals surface area contributed by atoms with Crippen molar-refractivity contribution in [2.24, 2.45) is 5.73 Å². The van der Waals surface area contributed by atoms with Gasteiger partial charge < -0.3 is 5.73 Å². The molecule has 0 aromatic heterocycles. The smallest absolute Gasteiger partial charge is 0.240 e. The molecule has 8 heteroatoms. The highest BCUT2D eigenvalue weighted by Gasteiger charge is 2.18. The molecule has 0 amide bonds. The molecule has 0 aliphatic carbocycles. The van der Waals surface area contributed by atoms with Gasteiger partial charge in [-0.25, -0.2) is 13.1 Å². The van der Waals surface area contributed by atoms with Crippen LogP contribution in [0.5, 0.6) is 0 Å². The molecule has 4 nitrogen and oxygen atoms in total. The molecule has 18 heavy (non-hydrogen) atoms. The number of rotatable bonds is 5. The van der Waals surface area contributed by atoms with Crippen LogP contribution in [0.15, 0.2) is 23.1 Å². The minimum atomic E-state index is -3.65. The predicted molar refractivity (Wildman–Crippen MR) is 77.6 cm³/mol. The minimum Gasteiger partial charge on any atom is -0.393 e. The Kier molecular flexibility index (Phi) is 5.36. The Morgan fingerprint density at radius 1 is 1.44 bits per heavy atom. The first-order chi connectivity index (χ1) is 8.22. The van der Waals surface area contributed by atoms with Crippen LogP contribution in [0.3, 0.4) is 0 Å². The monoisotopic (exact) mass is 326 g/mol. The van der Waals surface area contributed by atoms with Gasteiger partial charge in [0.1, 0.15) is 0 Å². The van der Waals surface area contributed by atoms with Gasteiger partial charge in [-0.2, -0.15) is 0 Å². The first-order valence-electron chi connectivity index (χ1n) is 4.98. The van der Waals surface area contributed by atoms with Gasteiger partial charge >= 0.3 is 0 Å². The lowest BCUT2D eigenvalue weighted by Gasteiger charge is -2.13. The summed E-state index contributed by atoms with van der Waals surface area (Å²) in [5.74, 6) is 0. The zero-order chi connectivity index (χ0) is 13.9. The molecule has 1 atom stereocenters. The summed E-state index contributed by atoms with van der Waals surface area (Å²) in [6.45, 7) is 1.67. The van der Waals surface area contributed by atoms with E-state index >= 15 is 0 Å². The lowest BCUT2D eigenvalue weighted by atomic mass is 10.3. The molecule has 0 saturated carbocycles. The van der Waals surface area contributed by atoms with Crippen LogP contribution >= 0.6 is 35.4 Å². The van der Waals surface area contributed by atoms with Crippen LogP contribution in [-0.2, 0) is 10.0 Å². The van der Waals surface area contributed by atoms with E-state index in [-0.39, 0.29) is 27.4 Å². The van der Waals surface area contributed by atoms with Gasteiger partial charge in [0.05, 0.1) is 19.9 Å². The number of benzene rings is 1. The largest absolute Gasteiger partial charge is 0.393 e. The highest BCUT2D eigenvalue weighted by molar-refractivity contribution is 7.89. The van der Waals surface area contributed by atoms with E-state index in [0.29, 0.717) is 5.02 Å². The molecular formula is C10H12Cl2N2O2S2. The average molecular weight is 327 g/mol. The molecule has 0 saturated heterocycles.